The predicted molar refractivity (Wildman–Crippen MR) is 128 cm³/mol. The number of benzene rings is 2. The molecule has 0 saturated carbocycles. The molecule has 0 bridgehead atoms. The first-order valence-corrected chi connectivity index (χ1v) is 13.2. The highest BCUT2D eigenvalue weighted by Crippen LogP contribution is 2.28. The van der Waals surface area contributed by atoms with E-state index in [2.05, 4.69) is 36.3 Å². The minimum Gasteiger partial charge on any atom is -0.302 e. The van der Waals surface area contributed by atoms with Crippen LogP contribution in [0.1, 0.15) is 38.2 Å². The Kier molecular flexibility index (Phi) is 6.92. The van der Waals surface area contributed by atoms with Crippen molar-refractivity contribution in [3.05, 3.63) is 65.3 Å². The van der Waals surface area contributed by atoms with Crippen LogP contribution in [0.25, 0.3) is 11.3 Å². The van der Waals surface area contributed by atoms with Gasteiger partial charge in [0.25, 0.3) is 0 Å². The van der Waals surface area contributed by atoms with Crippen molar-refractivity contribution in [2.75, 3.05) is 18.4 Å². The summed E-state index contributed by atoms with van der Waals surface area (Å²) < 4.78 is 40.3. The van der Waals surface area contributed by atoms with Gasteiger partial charge in [-0.25, -0.2) is 17.8 Å². The van der Waals surface area contributed by atoms with Crippen LogP contribution < -0.4 is 5.32 Å². The molecule has 6 nitrogen and oxygen atoms in total. The third-order valence-corrected chi connectivity index (χ3v) is 8.45. The van der Waals surface area contributed by atoms with Gasteiger partial charge in [0.2, 0.25) is 15.9 Å². The fourth-order valence-corrected chi connectivity index (χ4v) is 6.09. The quantitative estimate of drug-likeness (QED) is 0.524. The third-order valence-electron chi connectivity index (χ3n) is 5.81. The highest BCUT2D eigenvalue weighted by molar-refractivity contribution is 7.89. The number of nitrogens with one attached hydrogen (secondary N) is 1. The summed E-state index contributed by atoms with van der Waals surface area (Å²) in [4.78, 5) is 17.4. The number of halogens is 1. The van der Waals surface area contributed by atoms with Crippen LogP contribution in [-0.4, -0.2) is 36.7 Å². The lowest BCUT2D eigenvalue weighted by Crippen LogP contribution is -2.43. The molecule has 0 aliphatic carbocycles. The normalized spacial score (nSPS) is 17.3. The number of hydrogen-bond acceptors (Lipinski definition) is 5. The summed E-state index contributed by atoms with van der Waals surface area (Å²) >= 11 is 1.34. The Morgan fingerprint density at radius 2 is 1.85 bits per heavy atom. The zero-order chi connectivity index (χ0) is 23.6. The zero-order valence-electron chi connectivity index (χ0n) is 18.5. The third kappa shape index (κ3) is 5.31. The predicted octanol–water partition coefficient (Wildman–Crippen LogP) is 5.11. The number of rotatable bonds is 6. The second kappa shape index (κ2) is 9.70. The first kappa shape index (κ1) is 23.5. The van der Waals surface area contributed by atoms with Crippen LogP contribution in [0.3, 0.4) is 0 Å². The van der Waals surface area contributed by atoms with Crippen LogP contribution in [-0.2, 0) is 14.8 Å². The SMILES string of the molecule is CC(C)c1ccc(-c2csc(NC(=O)C3CCCN(S(=O)(=O)c4ccc(F)cc4)C3)n2)cc1. The Balaban J connectivity index is 1.42. The van der Waals surface area contributed by atoms with Gasteiger partial charge in [-0.2, -0.15) is 4.31 Å². The monoisotopic (exact) mass is 487 g/mol. The maximum atomic E-state index is 13.2. The van der Waals surface area contributed by atoms with Gasteiger partial charge in [-0.15, -0.1) is 11.3 Å². The molecule has 1 saturated heterocycles. The molecule has 1 N–H and O–H groups in total. The largest absolute Gasteiger partial charge is 0.302 e. The molecular weight excluding hydrogens is 461 g/mol. The summed E-state index contributed by atoms with van der Waals surface area (Å²) in [7, 11) is -3.79. The van der Waals surface area contributed by atoms with Crippen LogP contribution in [0.2, 0.25) is 0 Å². The highest BCUT2D eigenvalue weighted by Gasteiger charge is 2.33. The number of aromatic nitrogens is 1. The number of carbonyl (C=O) groups is 1. The molecule has 2 aromatic carbocycles. The van der Waals surface area contributed by atoms with Crippen LogP contribution in [0.4, 0.5) is 9.52 Å². The van der Waals surface area contributed by atoms with E-state index < -0.39 is 21.8 Å². The molecule has 1 atom stereocenters. The number of amides is 1. The smallest absolute Gasteiger partial charge is 0.243 e. The summed E-state index contributed by atoms with van der Waals surface area (Å²) in [6.45, 7) is 4.70. The summed E-state index contributed by atoms with van der Waals surface area (Å²) in [5.74, 6) is -0.772. The van der Waals surface area contributed by atoms with Crippen molar-refractivity contribution in [2.24, 2.45) is 5.92 Å². The van der Waals surface area contributed by atoms with Gasteiger partial charge >= 0.3 is 0 Å². The van der Waals surface area contributed by atoms with E-state index in [0.29, 0.717) is 30.4 Å². The van der Waals surface area contributed by atoms with Crippen molar-refractivity contribution in [1.82, 2.24) is 9.29 Å². The fraction of sp³-hybridized carbons (Fsp3) is 0.333. The summed E-state index contributed by atoms with van der Waals surface area (Å²) in [6.07, 6.45) is 1.17. The molecule has 0 spiro atoms. The van der Waals surface area contributed by atoms with Crippen molar-refractivity contribution in [3.63, 3.8) is 0 Å². The molecule has 1 amide bonds. The molecule has 1 aromatic heterocycles. The van der Waals surface area contributed by atoms with Crippen molar-refractivity contribution in [2.45, 2.75) is 37.5 Å². The second-order valence-electron chi connectivity index (χ2n) is 8.46. The molecule has 174 valence electrons. The molecule has 0 radical (unpaired) electrons. The maximum Gasteiger partial charge on any atom is 0.243 e. The molecule has 33 heavy (non-hydrogen) atoms. The van der Waals surface area contributed by atoms with Crippen molar-refractivity contribution < 1.29 is 17.6 Å². The molecular formula is C24H26FN3O3S2. The van der Waals surface area contributed by atoms with Crippen molar-refractivity contribution in [3.8, 4) is 11.3 Å². The molecule has 3 aromatic rings. The van der Waals surface area contributed by atoms with Crippen LogP contribution in [0, 0.1) is 11.7 Å². The Bertz CT molecular complexity index is 1220. The minimum atomic E-state index is -3.79. The Morgan fingerprint density at radius 3 is 2.52 bits per heavy atom. The van der Waals surface area contributed by atoms with Gasteiger partial charge in [0.15, 0.2) is 5.13 Å². The van der Waals surface area contributed by atoms with Gasteiger partial charge in [0.05, 0.1) is 16.5 Å². The van der Waals surface area contributed by atoms with Gasteiger partial charge in [-0.1, -0.05) is 38.1 Å². The summed E-state index contributed by atoms with van der Waals surface area (Å²) in [6, 6.07) is 12.9. The molecule has 1 fully saturated rings. The lowest BCUT2D eigenvalue weighted by Gasteiger charge is -2.31. The van der Waals surface area contributed by atoms with Crippen molar-refractivity contribution in [1.29, 1.82) is 0 Å². The van der Waals surface area contributed by atoms with Gasteiger partial charge in [-0.3, -0.25) is 4.79 Å². The Labute approximate surface area is 197 Å². The number of sulfonamides is 1. The fourth-order valence-electron chi connectivity index (χ4n) is 3.84. The second-order valence-corrected chi connectivity index (χ2v) is 11.3. The number of piperidine rings is 1. The molecule has 4 rings (SSSR count). The topological polar surface area (TPSA) is 79.4 Å². The van der Waals surface area contributed by atoms with E-state index in [0.717, 1.165) is 23.4 Å². The molecule has 9 heteroatoms. The van der Waals surface area contributed by atoms with E-state index in [1.165, 1.54) is 33.3 Å². The van der Waals surface area contributed by atoms with E-state index in [1.807, 2.05) is 17.5 Å². The van der Waals surface area contributed by atoms with E-state index >= 15 is 0 Å². The van der Waals surface area contributed by atoms with Gasteiger partial charge in [0, 0.05) is 24.0 Å². The van der Waals surface area contributed by atoms with Gasteiger partial charge in [0.1, 0.15) is 5.82 Å². The average Bonchev–Trinajstić information content (AvgIpc) is 3.28. The van der Waals surface area contributed by atoms with E-state index in [4.69, 9.17) is 0 Å². The molecule has 1 aliphatic heterocycles. The first-order chi connectivity index (χ1) is 15.7. The van der Waals surface area contributed by atoms with E-state index in [-0.39, 0.29) is 17.3 Å². The number of nitrogens with zero attached hydrogens (tertiary/aromatic N) is 2. The summed E-state index contributed by atoms with van der Waals surface area (Å²) in [5.41, 5.74) is 3.01. The molecule has 1 aliphatic rings. The van der Waals surface area contributed by atoms with Crippen LogP contribution in [0.5, 0.6) is 0 Å². The minimum absolute atomic E-state index is 0.0259. The van der Waals surface area contributed by atoms with Gasteiger partial charge < -0.3 is 5.32 Å². The number of anilines is 1. The zero-order valence-corrected chi connectivity index (χ0v) is 20.1. The average molecular weight is 488 g/mol. The number of hydrogen-bond donors (Lipinski definition) is 1. The summed E-state index contributed by atoms with van der Waals surface area (Å²) in [5, 5.41) is 5.23. The Morgan fingerprint density at radius 1 is 1.15 bits per heavy atom. The number of thiazole rings is 1. The first-order valence-electron chi connectivity index (χ1n) is 10.9. The lowest BCUT2D eigenvalue weighted by molar-refractivity contribution is -0.120. The van der Waals surface area contributed by atoms with Crippen molar-refractivity contribution >= 4 is 32.4 Å². The van der Waals surface area contributed by atoms with Crippen LogP contribution >= 0.6 is 11.3 Å². The standard InChI is InChI=1S/C24H26FN3O3S2/c1-16(2)17-5-7-18(8-6-17)22-15-32-24(26-22)27-23(29)19-4-3-13-28(14-19)33(30,31)21-11-9-20(25)10-12-21/h5-12,15-16,19H,3-4,13-14H2,1-2H3,(H,26,27,29). The highest BCUT2D eigenvalue weighted by atomic mass is 32.2. The molecule has 1 unspecified atom stereocenters. The lowest BCUT2D eigenvalue weighted by atomic mass is 9.99. The number of carbonyl (C=O) groups excluding carboxylic acids is 1. The van der Waals surface area contributed by atoms with E-state index in [9.17, 15) is 17.6 Å². The van der Waals surface area contributed by atoms with Crippen LogP contribution in [0.15, 0.2) is 58.8 Å². The van der Waals surface area contributed by atoms with E-state index in [1.54, 1.807) is 0 Å². The maximum absolute atomic E-state index is 13.2. The molecule has 2 heterocycles. The Hall–Kier alpha value is -2.62. The van der Waals surface area contributed by atoms with Gasteiger partial charge in [-0.05, 0) is 48.6 Å².